The Kier molecular flexibility index (Phi) is 5.16. The largest absolute Gasteiger partial charge is 0.545 e. The number of nitrogens with zero attached hydrogens (tertiary/aromatic N) is 1. The van der Waals surface area contributed by atoms with Crippen LogP contribution in [0.15, 0.2) is 42.5 Å². The summed E-state index contributed by atoms with van der Waals surface area (Å²) in [5.74, 6) is -0.630. The highest BCUT2D eigenvalue weighted by atomic mass is 16.6. The topological polar surface area (TPSA) is 123 Å². The Bertz CT molecular complexity index is 561. The molecule has 104 valence electrons. The van der Waals surface area contributed by atoms with Crippen LogP contribution >= 0.6 is 0 Å². The molecule has 0 unspecified atom stereocenters. The highest BCUT2D eigenvalue weighted by molar-refractivity contribution is 5.85. The number of nitro benzene ring substituents is 1. The molecule has 0 radical (unpaired) electrons. The first kappa shape index (κ1) is 15.1. The number of carboxylic acid groups (broad SMARTS) is 1. The molecule has 0 atom stereocenters. The van der Waals surface area contributed by atoms with E-state index < -0.39 is 10.9 Å². The molecule has 0 bridgehead atoms. The van der Waals surface area contributed by atoms with Gasteiger partial charge in [-0.3, -0.25) is 15.8 Å². The van der Waals surface area contributed by atoms with E-state index in [9.17, 15) is 20.0 Å². The second-order valence-corrected chi connectivity index (χ2v) is 3.88. The number of rotatable bonds is 2. The minimum Gasteiger partial charge on any atom is -0.545 e. The second kappa shape index (κ2) is 6.83. The lowest BCUT2D eigenvalue weighted by Crippen LogP contribution is -2.21. The maximum Gasteiger partial charge on any atom is 0.270 e. The number of hydrogen-bond donors (Lipinski definition) is 1. The Hall–Kier alpha value is -2.96. The van der Waals surface area contributed by atoms with Crippen molar-refractivity contribution in [3.8, 4) is 0 Å². The van der Waals surface area contributed by atoms with Crippen molar-refractivity contribution in [2.24, 2.45) is 0 Å². The van der Waals surface area contributed by atoms with Crippen molar-refractivity contribution in [1.82, 2.24) is 0 Å². The van der Waals surface area contributed by atoms with E-state index in [0.29, 0.717) is 5.82 Å². The highest BCUT2D eigenvalue weighted by Gasteiger charge is 2.03. The van der Waals surface area contributed by atoms with Crippen molar-refractivity contribution >= 4 is 17.5 Å². The van der Waals surface area contributed by atoms with Crippen molar-refractivity contribution in [3.63, 3.8) is 0 Å². The minimum atomic E-state index is -1.34. The summed E-state index contributed by atoms with van der Waals surface area (Å²) in [5.41, 5.74) is 6.28. The number of H-pyrrole nitrogens is 1. The molecule has 20 heavy (non-hydrogen) atoms. The average Bonchev–Trinajstić information content (AvgIpc) is 2.39. The maximum absolute atomic E-state index is 10.2. The van der Waals surface area contributed by atoms with E-state index in [2.05, 4.69) is 4.98 Å². The van der Waals surface area contributed by atoms with Crippen molar-refractivity contribution in [2.75, 3.05) is 5.73 Å². The summed E-state index contributed by atoms with van der Waals surface area (Å²) in [6.45, 7) is 1.97. The molecule has 2 aromatic rings. The van der Waals surface area contributed by atoms with Gasteiger partial charge in [0.2, 0.25) is 0 Å². The molecule has 0 saturated carbocycles. The summed E-state index contributed by atoms with van der Waals surface area (Å²) in [4.78, 5) is 22.7. The monoisotopic (exact) mass is 275 g/mol. The number of aromatic amines is 1. The average molecular weight is 275 g/mol. The molecule has 3 N–H and O–H groups in total. The van der Waals surface area contributed by atoms with Crippen LogP contribution in [0.5, 0.6) is 0 Å². The number of aromatic carboxylic acids is 1. The molecule has 0 aliphatic rings. The van der Waals surface area contributed by atoms with Gasteiger partial charge in [-0.25, -0.2) is 4.98 Å². The lowest BCUT2D eigenvalue weighted by Gasteiger charge is -1.99. The third-order valence-electron chi connectivity index (χ3n) is 2.28. The van der Waals surface area contributed by atoms with Gasteiger partial charge in [-0.1, -0.05) is 6.07 Å². The summed E-state index contributed by atoms with van der Waals surface area (Å²) in [5, 5.41) is 20.3. The Balaban J connectivity index is 0.000000217. The molecule has 1 aromatic heterocycles. The van der Waals surface area contributed by atoms with Gasteiger partial charge in [0.1, 0.15) is 0 Å². The lowest BCUT2D eigenvalue weighted by molar-refractivity contribution is -0.384. The van der Waals surface area contributed by atoms with Gasteiger partial charge in [-0.2, -0.15) is 0 Å². The van der Waals surface area contributed by atoms with Crippen LogP contribution in [-0.2, 0) is 0 Å². The SMILES string of the molecule is Cc1cccc(N)[nH+]1.O=C([O-])c1ccc([N+](=O)[O-])cc1. The normalized spacial score (nSPS) is 9.25. The number of nitrogens with two attached hydrogens (primary N) is 1. The number of aryl methyl sites for hydroxylation is 1. The predicted octanol–water partition coefficient (Wildman–Crippen LogP) is 0.350. The number of hydrogen-bond acceptors (Lipinski definition) is 5. The number of carboxylic acids is 1. The standard InChI is InChI=1S/C7H5NO4.C6H8N2/c9-7(10)5-1-3-6(4-2-5)8(11)12;1-5-3-2-4-6(7)8-5/h1-4H,(H,9,10);2-4H,1H3,(H2,7,8). The fraction of sp³-hybridized carbons (Fsp3) is 0.0769. The molecule has 0 spiro atoms. The number of nitro groups is 1. The quantitative estimate of drug-likeness (QED) is 0.625. The first-order chi connectivity index (χ1) is 9.40. The lowest BCUT2D eigenvalue weighted by atomic mass is 10.2. The van der Waals surface area contributed by atoms with Crippen LogP contribution < -0.4 is 15.8 Å². The fourth-order valence-electron chi connectivity index (χ4n) is 1.33. The van der Waals surface area contributed by atoms with Crippen molar-refractivity contribution < 1.29 is 19.8 Å². The molecule has 0 fully saturated rings. The van der Waals surface area contributed by atoms with Crippen LogP contribution in [0.3, 0.4) is 0 Å². The number of non-ortho nitro benzene ring substituents is 1. The highest BCUT2D eigenvalue weighted by Crippen LogP contribution is 2.10. The van der Waals surface area contributed by atoms with Gasteiger partial charge in [0.05, 0.1) is 16.6 Å². The molecule has 0 aliphatic heterocycles. The number of nitrogen functional groups attached to an aromatic ring is 1. The number of benzene rings is 1. The molecule has 1 heterocycles. The number of nitrogens with one attached hydrogen (secondary N) is 1. The van der Waals surface area contributed by atoms with Gasteiger partial charge >= 0.3 is 0 Å². The van der Waals surface area contributed by atoms with Crippen LogP contribution in [0, 0.1) is 17.0 Å². The Labute approximate surface area is 114 Å². The van der Waals surface area contributed by atoms with E-state index >= 15 is 0 Å². The number of pyridine rings is 1. The number of anilines is 1. The van der Waals surface area contributed by atoms with E-state index in [1.807, 2.05) is 25.1 Å². The van der Waals surface area contributed by atoms with E-state index in [-0.39, 0.29) is 11.3 Å². The van der Waals surface area contributed by atoms with Crippen LogP contribution in [0.1, 0.15) is 16.1 Å². The molecule has 0 amide bonds. The van der Waals surface area contributed by atoms with Gasteiger partial charge in [0.25, 0.3) is 11.5 Å². The van der Waals surface area contributed by atoms with E-state index in [1.54, 1.807) is 0 Å². The van der Waals surface area contributed by atoms with E-state index in [0.717, 1.165) is 30.0 Å². The van der Waals surface area contributed by atoms with E-state index in [4.69, 9.17) is 5.73 Å². The van der Waals surface area contributed by atoms with Crippen molar-refractivity contribution in [1.29, 1.82) is 0 Å². The molecule has 7 nitrogen and oxygen atoms in total. The zero-order valence-corrected chi connectivity index (χ0v) is 10.7. The second-order valence-electron chi connectivity index (χ2n) is 3.88. The van der Waals surface area contributed by atoms with Gasteiger partial charge in [-0.15, -0.1) is 0 Å². The number of carbonyl (C=O) groups excluding carboxylic acids is 1. The summed E-state index contributed by atoms with van der Waals surface area (Å²) in [6, 6.07) is 10.2. The number of carbonyl (C=O) groups is 1. The Morgan fingerprint density at radius 2 is 1.80 bits per heavy atom. The minimum absolute atomic E-state index is 0.0689. The third kappa shape index (κ3) is 4.73. The van der Waals surface area contributed by atoms with Crippen LogP contribution in [0.4, 0.5) is 11.5 Å². The van der Waals surface area contributed by atoms with E-state index in [1.165, 1.54) is 0 Å². The molecule has 2 rings (SSSR count). The Morgan fingerprint density at radius 1 is 1.20 bits per heavy atom. The summed E-state index contributed by atoms with van der Waals surface area (Å²) in [6.07, 6.45) is 0. The van der Waals surface area contributed by atoms with Gasteiger partial charge in [0.15, 0.2) is 0 Å². The molecule has 0 aliphatic carbocycles. The van der Waals surface area contributed by atoms with Gasteiger partial charge in [0, 0.05) is 18.2 Å². The first-order valence-electron chi connectivity index (χ1n) is 5.60. The van der Waals surface area contributed by atoms with Crippen molar-refractivity contribution in [2.45, 2.75) is 6.92 Å². The zero-order valence-electron chi connectivity index (χ0n) is 10.7. The molecule has 7 heteroatoms. The predicted molar refractivity (Wildman–Crippen MR) is 69.6 cm³/mol. The molecule has 0 saturated heterocycles. The number of aromatic nitrogens is 1. The smallest absolute Gasteiger partial charge is 0.270 e. The third-order valence-corrected chi connectivity index (χ3v) is 2.28. The fourth-order valence-corrected chi connectivity index (χ4v) is 1.33. The molecule has 1 aromatic carbocycles. The van der Waals surface area contributed by atoms with Gasteiger partial charge in [-0.05, 0) is 30.7 Å². The van der Waals surface area contributed by atoms with Crippen molar-refractivity contribution in [3.05, 3.63) is 63.8 Å². The molecular formula is C13H13N3O4. The summed E-state index contributed by atoms with van der Waals surface area (Å²) in [7, 11) is 0. The van der Waals surface area contributed by atoms with Crippen LogP contribution in [0.25, 0.3) is 0 Å². The maximum atomic E-state index is 10.2. The Morgan fingerprint density at radius 3 is 2.15 bits per heavy atom. The first-order valence-corrected chi connectivity index (χ1v) is 5.60. The summed E-state index contributed by atoms with van der Waals surface area (Å²) < 4.78 is 0. The molecular weight excluding hydrogens is 262 g/mol. The van der Waals surface area contributed by atoms with Crippen LogP contribution in [0.2, 0.25) is 0 Å². The van der Waals surface area contributed by atoms with Gasteiger partial charge < -0.3 is 9.90 Å². The van der Waals surface area contributed by atoms with Crippen LogP contribution in [-0.4, -0.2) is 10.9 Å². The summed E-state index contributed by atoms with van der Waals surface area (Å²) >= 11 is 0. The zero-order chi connectivity index (χ0) is 15.1.